The molecule has 0 radical (unpaired) electrons. The molecular formula is C96H155N53. The second-order valence-electron chi connectivity index (χ2n) is 36.2. The second-order valence-corrected chi connectivity index (χ2v) is 36.2. The number of hydrogen-bond donors (Lipinski definition) is 25. The Labute approximate surface area is 868 Å². The first-order chi connectivity index (χ1) is 71.5. The molecule has 149 heavy (non-hydrogen) atoms. The first-order valence-electron chi connectivity index (χ1n) is 49.2. The Balaban J connectivity index is 0.000000171. The number of hydrogen-bond acceptors (Lipinski definition) is 36. The summed E-state index contributed by atoms with van der Waals surface area (Å²) in [6, 6.07) is 33.4. The molecule has 804 valence electrons. The number of nitrogen functional groups attached to an aromatic ring is 4. The average Bonchev–Trinajstić information content (AvgIpc) is 1.70. The Kier molecular flexibility index (Phi) is 43.9. The van der Waals surface area contributed by atoms with Gasteiger partial charge in [-0.25, -0.2) is 30.6 Å². The third kappa shape index (κ3) is 38.5. The van der Waals surface area contributed by atoms with E-state index in [4.69, 9.17) is 22.9 Å². The summed E-state index contributed by atoms with van der Waals surface area (Å²) in [5.74, 6) is 11.4. The summed E-state index contributed by atoms with van der Waals surface area (Å²) in [6.07, 6.45) is 16.2. The fourth-order valence-corrected chi connectivity index (χ4v) is 14.4. The van der Waals surface area contributed by atoms with Gasteiger partial charge >= 0.3 is 0 Å². The molecule has 0 spiro atoms. The van der Waals surface area contributed by atoms with E-state index in [0.29, 0.717) is 83.3 Å². The van der Waals surface area contributed by atoms with E-state index in [9.17, 15) is 0 Å². The van der Waals surface area contributed by atoms with Crippen LogP contribution in [0, 0.1) is 55.4 Å². The molecule has 53 heteroatoms. The summed E-state index contributed by atoms with van der Waals surface area (Å²) in [5, 5.41) is 86.2. The van der Waals surface area contributed by atoms with Gasteiger partial charge < -0.3 is 134 Å². The lowest BCUT2D eigenvalue weighted by atomic mass is 10.2. The van der Waals surface area contributed by atoms with Gasteiger partial charge in [-0.1, -0.05) is 23.8 Å². The molecule has 18 rings (SSSR count). The Morgan fingerprint density at radius 3 is 1.03 bits per heavy atom. The molecule has 17 heterocycles. The van der Waals surface area contributed by atoms with E-state index in [0.717, 1.165) is 147 Å². The Hall–Kier alpha value is -17.6. The fourth-order valence-electron chi connectivity index (χ4n) is 14.4. The number of aromatic amines is 14. The van der Waals surface area contributed by atoms with Crippen LogP contribution in [0.2, 0.25) is 0 Å². The number of likely N-dealkylation sites (N-methyl/N-ethyl adjacent to an activating group) is 4. The minimum absolute atomic E-state index is 0.327. The third-order valence-electron chi connectivity index (χ3n) is 22.9. The number of aryl methyl sites for hydroxylation is 8. The highest BCUT2D eigenvalue weighted by Crippen LogP contribution is 2.20. The van der Waals surface area contributed by atoms with Crippen LogP contribution in [0.25, 0.3) is 0 Å². The van der Waals surface area contributed by atoms with Crippen molar-refractivity contribution in [1.82, 2.24) is 175 Å². The molecule has 0 amide bonds. The van der Waals surface area contributed by atoms with Crippen molar-refractivity contribution in [3.63, 3.8) is 0 Å². The van der Waals surface area contributed by atoms with Crippen molar-refractivity contribution in [2.75, 3.05) is 238 Å². The number of H-pyrrole nitrogens is 14. The normalized spacial score (nSPS) is 11.0. The lowest BCUT2D eigenvalue weighted by Gasteiger charge is -2.16. The maximum atomic E-state index is 5.65. The van der Waals surface area contributed by atoms with Gasteiger partial charge in [0.1, 0.15) is 0 Å². The molecule has 17 aromatic heterocycles. The van der Waals surface area contributed by atoms with Crippen LogP contribution in [0.1, 0.15) is 104 Å². The minimum atomic E-state index is 0.327. The van der Waals surface area contributed by atoms with Crippen LogP contribution in [0.5, 0.6) is 0 Å². The molecule has 17 aromatic rings. The lowest BCUT2D eigenvalue weighted by Crippen LogP contribution is -2.23. The van der Waals surface area contributed by atoms with Crippen LogP contribution < -0.4 is 94.5 Å². The zero-order valence-corrected chi connectivity index (χ0v) is 90.2. The van der Waals surface area contributed by atoms with Crippen LogP contribution >= 0.6 is 0 Å². The van der Waals surface area contributed by atoms with Crippen molar-refractivity contribution in [3.8, 4) is 0 Å². The molecule has 0 aromatic carbocycles. The molecule has 29 N–H and O–H groups in total. The van der Waals surface area contributed by atoms with Crippen molar-refractivity contribution in [2.45, 2.75) is 120 Å². The van der Waals surface area contributed by atoms with E-state index in [1.165, 1.54) is 96.7 Å². The van der Waals surface area contributed by atoms with E-state index in [1.807, 2.05) is 160 Å². The fraction of sp³-hybridized carbons (Fsp3) is 0.438. The van der Waals surface area contributed by atoms with Gasteiger partial charge in [-0.2, -0.15) is 29.9 Å². The molecule has 0 saturated carbocycles. The average molecular weight is 2050 g/mol. The van der Waals surface area contributed by atoms with E-state index in [2.05, 4.69) is 347 Å². The summed E-state index contributed by atoms with van der Waals surface area (Å²) < 4.78 is 5.46. The Bertz CT molecular complexity index is 6640. The van der Waals surface area contributed by atoms with Crippen LogP contribution in [0.15, 0.2) is 121 Å². The topological polar surface area (TPSA) is 679 Å². The number of nitrogens with zero attached hydrogens (tertiary/aromatic N) is 28. The Morgan fingerprint density at radius 2 is 0.658 bits per heavy atom. The van der Waals surface area contributed by atoms with Gasteiger partial charge in [0.15, 0.2) is 0 Å². The first-order valence-corrected chi connectivity index (χ1v) is 49.2. The number of rotatable bonds is 41. The number of nitrogens with two attached hydrogens (primary N) is 4. The van der Waals surface area contributed by atoms with Crippen LogP contribution in [0.3, 0.4) is 0 Å². The zero-order valence-electron chi connectivity index (χ0n) is 90.2. The minimum Gasteiger partial charge on any atom is -0.368 e. The predicted octanol–water partition coefficient (Wildman–Crippen LogP) is 9.00. The van der Waals surface area contributed by atoms with Gasteiger partial charge in [0.25, 0.3) is 0 Å². The summed E-state index contributed by atoms with van der Waals surface area (Å²) >= 11 is 0. The van der Waals surface area contributed by atoms with Gasteiger partial charge in [0, 0.05) is 307 Å². The zero-order chi connectivity index (χ0) is 107. The molecule has 0 atom stereocenters. The maximum absolute atomic E-state index is 5.65. The lowest BCUT2D eigenvalue weighted by molar-refractivity contribution is 0.786. The summed E-state index contributed by atoms with van der Waals surface area (Å²) in [5.41, 5.74) is 42.7. The highest BCUT2D eigenvalue weighted by atomic mass is 15.5. The quantitative estimate of drug-likeness (QED) is 0.0170. The van der Waals surface area contributed by atoms with Crippen LogP contribution in [0.4, 0.5) is 107 Å². The number of nitrogens with one attached hydrogen (secondary N) is 21. The molecule has 0 bridgehead atoms. The highest BCUT2D eigenvalue weighted by molar-refractivity contribution is 5.43. The van der Waals surface area contributed by atoms with Crippen LogP contribution in [-0.4, -0.2) is 319 Å². The van der Waals surface area contributed by atoms with E-state index < -0.39 is 0 Å². The molecule has 0 aliphatic heterocycles. The summed E-state index contributed by atoms with van der Waals surface area (Å²) in [4.78, 5) is 65.2. The molecule has 1 aliphatic carbocycles. The standard InChI is InChI=1S/C12H20N6.C12H19N5.3C11H18N6.3C10H16N6.C9H14N6/c1-9-5-6-10(13-9)7-8-18(4)12-14-11(15-16-12)17(2)3;1-16(2)12-15-14-11(17(12)3)13-9-8-10-6-4-5-7-10;1-8-4-5-9(13-8)6-7-16(2)11-15-14-10(12)17(11)3;1-8-4-5-9(13-8)6-7-12-10-14-11(16-15-10)17(2)3;1-8-4-5-9(13-8)6-7-17(3)11-14-10(12-2)15-16-11;1-7-3-4-8(12-7)5-6-16(2)10-13-9(11)14-15-10;1-7-3-4-8(13-7)5-6-12-10-15-14-9(11)16(10)2;1-7-3-4-8(13-7)5-6-12-10-14-9(11-2)15-16-10;1-6-2-3-7(12-6)4-5-11-9-13-8(10)14-15-9/h5-6,13H,7-8H2,1-4H3,(H,14,15,16);4,6-7H,5,8-9H2,1-3H3,(H,13,14);4-5,13H,6-7H2,1-3H3,(H2,12,14);2*4-5,13H,6-7H2,1-3H3,(H2,12,14,15,16);3-4,12H,5-6H2,1-2H3,(H3,11,13,14,15);3-4,13H,5-6H2,1-2H3,(H2,11,14)(H,12,15);3-4,13H,5-6H2,1-2H3,(H3,11,12,14,15,16);2-3,12H,4-5H2,1H3,(H4,10,11,13,14,15). The second kappa shape index (κ2) is 57.8. The number of aromatic nitrogens is 35. The van der Waals surface area contributed by atoms with E-state index in [1.54, 1.807) is 16.2 Å². The Morgan fingerprint density at radius 1 is 0.302 bits per heavy atom. The summed E-state index contributed by atoms with van der Waals surface area (Å²) in [6.45, 7) is 24.0. The highest BCUT2D eigenvalue weighted by Gasteiger charge is 2.17. The van der Waals surface area contributed by atoms with Crippen molar-refractivity contribution >= 4 is 107 Å². The van der Waals surface area contributed by atoms with Crippen molar-refractivity contribution in [2.24, 2.45) is 21.1 Å². The third-order valence-corrected chi connectivity index (χ3v) is 22.9. The van der Waals surface area contributed by atoms with Gasteiger partial charge in [-0.15, -0.1) is 61.2 Å². The molecular weight excluding hydrogens is 1900 g/mol. The number of anilines is 18. The van der Waals surface area contributed by atoms with E-state index >= 15 is 0 Å². The molecule has 0 fully saturated rings. The van der Waals surface area contributed by atoms with Gasteiger partial charge in [-0.3, -0.25) is 13.7 Å². The monoisotopic (exact) mass is 2050 g/mol. The predicted molar refractivity (Wildman–Crippen MR) is 597 cm³/mol. The van der Waals surface area contributed by atoms with Crippen LogP contribution in [-0.2, 0) is 72.5 Å². The van der Waals surface area contributed by atoms with Gasteiger partial charge in [0.05, 0.1) is 0 Å². The largest absolute Gasteiger partial charge is 0.368 e. The summed E-state index contributed by atoms with van der Waals surface area (Å²) in [7, 11) is 28.8. The van der Waals surface area contributed by atoms with Gasteiger partial charge in [-0.05, 0) is 165 Å². The molecule has 0 saturated heterocycles. The van der Waals surface area contributed by atoms with Crippen molar-refractivity contribution in [3.05, 3.63) is 212 Å². The number of allylic oxidation sites excluding steroid dienone is 3. The van der Waals surface area contributed by atoms with Crippen molar-refractivity contribution < 1.29 is 0 Å². The van der Waals surface area contributed by atoms with E-state index in [-0.39, 0.29) is 0 Å². The van der Waals surface area contributed by atoms with Gasteiger partial charge in [0.2, 0.25) is 107 Å². The maximum Gasteiger partial charge on any atom is 0.246 e. The molecule has 1 aliphatic rings. The first kappa shape index (κ1) is 113. The van der Waals surface area contributed by atoms with Crippen molar-refractivity contribution in [1.29, 1.82) is 0 Å². The molecule has 0 unspecified atom stereocenters. The smallest absolute Gasteiger partial charge is 0.246 e. The SMILES string of the molecule is CN(C)c1nnc(NCCC2=CCC=C2)n1C.CNc1n[nH]c(NCCc2ccc(C)[nH]2)n1.CNc1nc(N(C)CCc2ccc(C)[nH]2)n[nH]1.Cc1ccc(CCN(C)c2n[nH]c(N)n2)[nH]1.Cc1ccc(CCN(C)c2nc(N(C)C)n[nH]2)[nH]1.Cc1ccc(CCN(C)c2nnc(N)n2C)[nH]1.Cc1ccc(CCNc2n[nH]c(N)n2)[nH]1.Cc1ccc(CCNc2nc(N(C)C)n[nH]2)[nH]1.Cc1ccc(CCNc2nnc(N)n2C)[nH]1. The molecule has 53 nitrogen and oxygen atoms in total.